The molecule has 10 nitrogen and oxygen atoms in total. The Morgan fingerprint density at radius 1 is 1.02 bits per heavy atom. The number of alkyl halides is 3. The van der Waals surface area contributed by atoms with E-state index in [0.717, 1.165) is 38.5 Å². The average Bonchev–Trinajstić information content (AvgIpc) is 3.49. The molecule has 2 aliphatic carbocycles. The summed E-state index contributed by atoms with van der Waals surface area (Å²) in [6.45, 7) is 9.08. The molecular weight excluding hydrogens is 667 g/mol. The van der Waals surface area contributed by atoms with Gasteiger partial charge in [0.05, 0.1) is 12.7 Å². The Balaban J connectivity index is 0.930. The van der Waals surface area contributed by atoms with E-state index in [1.165, 1.54) is 19.3 Å². The van der Waals surface area contributed by atoms with E-state index in [9.17, 15) is 18.3 Å². The molecule has 0 aromatic rings. The van der Waals surface area contributed by atoms with Gasteiger partial charge < -0.3 is 29.0 Å². The number of likely N-dealkylation sites (N-methyl/N-ethyl adjacent to an activating group) is 1. The number of halogens is 3. The minimum absolute atomic E-state index is 0.00105. The number of allylic oxidation sites excluding steroid dienone is 1. The van der Waals surface area contributed by atoms with Crippen molar-refractivity contribution in [3.63, 3.8) is 0 Å². The second-order valence-corrected chi connectivity index (χ2v) is 17.0. The molecule has 13 atom stereocenters. The summed E-state index contributed by atoms with van der Waals surface area (Å²) in [5, 5.41) is 14.6. The molecule has 51 heavy (non-hydrogen) atoms. The van der Waals surface area contributed by atoms with Gasteiger partial charge in [-0.05, 0) is 109 Å². The number of hydrogen-bond donors (Lipinski definition) is 2. The molecule has 13 unspecified atom stereocenters. The summed E-state index contributed by atoms with van der Waals surface area (Å²) in [7, 11) is 4.06. The van der Waals surface area contributed by atoms with Crippen LogP contribution in [0.1, 0.15) is 91.4 Å². The number of hydrogen-bond acceptors (Lipinski definition) is 10. The van der Waals surface area contributed by atoms with E-state index >= 15 is 0 Å². The van der Waals surface area contributed by atoms with Crippen molar-refractivity contribution in [2.24, 2.45) is 41.4 Å². The molecular formula is C38H62F3N3O7. The summed E-state index contributed by atoms with van der Waals surface area (Å²) < 4.78 is 68.0. The Bertz CT molecular complexity index is 1220. The van der Waals surface area contributed by atoms with Crippen LogP contribution < -0.4 is 5.32 Å². The maximum atomic E-state index is 14.6. The van der Waals surface area contributed by atoms with Crippen LogP contribution in [-0.4, -0.2) is 111 Å². The zero-order valence-corrected chi connectivity index (χ0v) is 31.2. The van der Waals surface area contributed by atoms with Crippen LogP contribution in [0, 0.1) is 41.4 Å². The van der Waals surface area contributed by atoms with E-state index in [2.05, 4.69) is 42.9 Å². The number of fused-ring (bicyclic) bond motifs is 3. The average molecular weight is 730 g/mol. The van der Waals surface area contributed by atoms with E-state index in [0.29, 0.717) is 56.8 Å². The van der Waals surface area contributed by atoms with Crippen LogP contribution in [0.4, 0.5) is 13.2 Å². The Hall–Kier alpha value is -1.03. The van der Waals surface area contributed by atoms with Gasteiger partial charge in [-0.15, -0.1) is 0 Å². The van der Waals surface area contributed by atoms with Crippen LogP contribution in [0.25, 0.3) is 0 Å². The summed E-state index contributed by atoms with van der Waals surface area (Å²) in [5.41, 5.74) is -0.785. The molecule has 1 spiro atoms. The highest BCUT2D eigenvalue weighted by atomic mass is 19.4. The Morgan fingerprint density at radius 2 is 1.80 bits per heavy atom. The largest absolute Gasteiger partial charge is 0.456 e. The summed E-state index contributed by atoms with van der Waals surface area (Å²) >= 11 is 0. The predicted molar refractivity (Wildman–Crippen MR) is 183 cm³/mol. The summed E-state index contributed by atoms with van der Waals surface area (Å²) in [6.07, 6.45) is 3.08. The molecule has 0 radical (unpaired) electrons. The molecule has 8 aliphatic rings. The fourth-order valence-corrected chi connectivity index (χ4v) is 11.3. The number of ether oxygens (including phenoxy) is 4. The molecule has 8 rings (SSSR count). The van der Waals surface area contributed by atoms with Gasteiger partial charge in [0.2, 0.25) is 12.0 Å². The molecule has 2 N–H and O–H groups in total. The number of likely N-dealkylation sites (tertiary alicyclic amines) is 1. The smallest absolute Gasteiger partial charge is 0.449 e. The normalized spacial score (nSPS) is 42.1. The number of rotatable bonds is 10. The SMILES string of the molecule is CNC1OC(C)CCC2CCCC(C(C)C(O)OCCN(C)C3CCN(CC4=C(C(F)(F)F)OC5OC6CCC7C(C)CCC4C57OO6)CC3)C21. The summed E-state index contributed by atoms with van der Waals surface area (Å²) in [4.78, 5) is 16.1. The van der Waals surface area contributed by atoms with Crippen molar-refractivity contribution >= 4 is 0 Å². The van der Waals surface area contributed by atoms with Crippen molar-refractivity contribution < 1.29 is 47.0 Å². The summed E-state index contributed by atoms with van der Waals surface area (Å²) in [5.74, 6) is 0.166. The third kappa shape index (κ3) is 7.51. The third-order valence-electron chi connectivity index (χ3n) is 14.1. The van der Waals surface area contributed by atoms with Crippen molar-refractivity contribution in [1.82, 2.24) is 15.1 Å². The van der Waals surface area contributed by atoms with E-state index in [1.807, 2.05) is 7.05 Å². The fraction of sp³-hybridized carbons (Fsp3) is 0.947. The molecule has 13 heteroatoms. The van der Waals surface area contributed by atoms with Gasteiger partial charge in [0, 0.05) is 49.2 Å². The van der Waals surface area contributed by atoms with Gasteiger partial charge in [-0.3, -0.25) is 10.2 Å². The maximum absolute atomic E-state index is 14.6. The van der Waals surface area contributed by atoms with Crippen LogP contribution in [0.2, 0.25) is 0 Å². The topological polar surface area (TPSA) is 94.1 Å². The minimum atomic E-state index is -4.62. The van der Waals surface area contributed by atoms with Crippen molar-refractivity contribution in [1.29, 1.82) is 0 Å². The molecule has 0 amide bonds. The number of piperidine rings is 1. The van der Waals surface area contributed by atoms with E-state index in [1.54, 1.807) is 0 Å². The van der Waals surface area contributed by atoms with Crippen LogP contribution in [-0.2, 0) is 28.7 Å². The molecule has 0 aromatic heterocycles. The second kappa shape index (κ2) is 15.6. The number of aliphatic hydroxyl groups excluding tert-OH is 1. The van der Waals surface area contributed by atoms with Crippen molar-refractivity contribution in [2.75, 3.05) is 46.9 Å². The lowest BCUT2D eigenvalue weighted by molar-refractivity contribution is -0.528. The lowest BCUT2D eigenvalue weighted by Gasteiger charge is -2.57. The zero-order chi connectivity index (χ0) is 36.1. The van der Waals surface area contributed by atoms with Crippen molar-refractivity contribution in [3.05, 3.63) is 11.3 Å². The van der Waals surface area contributed by atoms with Gasteiger partial charge in [0.15, 0.2) is 18.2 Å². The molecule has 7 fully saturated rings. The van der Waals surface area contributed by atoms with Crippen molar-refractivity contribution in [2.45, 2.75) is 140 Å². The molecule has 5 saturated heterocycles. The first-order valence-electron chi connectivity index (χ1n) is 19.9. The summed E-state index contributed by atoms with van der Waals surface area (Å²) in [6, 6.07) is 0.281. The lowest BCUT2D eigenvalue weighted by atomic mass is 9.59. The Morgan fingerprint density at radius 3 is 2.55 bits per heavy atom. The highest BCUT2D eigenvalue weighted by molar-refractivity contribution is 5.29. The Kier molecular flexibility index (Phi) is 11.7. The third-order valence-corrected chi connectivity index (χ3v) is 14.1. The number of nitrogens with one attached hydrogen (secondary N) is 1. The first-order chi connectivity index (χ1) is 24.4. The monoisotopic (exact) mass is 729 g/mol. The highest BCUT2D eigenvalue weighted by Crippen LogP contribution is 2.60. The van der Waals surface area contributed by atoms with Crippen LogP contribution in [0.15, 0.2) is 11.3 Å². The quantitative estimate of drug-likeness (QED) is 0.212. The van der Waals surface area contributed by atoms with Gasteiger partial charge in [-0.25, -0.2) is 9.78 Å². The second-order valence-electron chi connectivity index (χ2n) is 17.0. The van der Waals surface area contributed by atoms with Crippen LogP contribution >= 0.6 is 0 Å². The fourth-order valence-electron chi connectivity index (χ4n) is 11.3. The van der Waals surface area contributed by atoms with E-state index < -0.39 is 42.3 Å². The number of aliphatic hydroxyl groups is 1. The van der Waals surface area contributed by atoms with Gasteiger partial charge >= 0.3 is 6.18 Å². The van der Waals surface area contributed by atoms with Gasteiger partial charge in [-0.1, -0.05) is 26.7 Å². The lowest BCUT2D eigenvalue weighted by Crippen LogP contribution is -2.66. The minimum Gasteiger partial charge on any atom is -0.456 e. The van der Waals surface area contributed by atoms with Crippen LogP contribution in [0.5, 0.6) is 0 Å². The molecule has 292 valence electrons. The zero-order valence-electron chi connectivity index (χ0n) is 31.2. The molecule has 2 saturated carbocycles. The Labute approximate surface area is 301 Å². The standard InChI is InChI=1S/C38H62F3N3O7/c1-22-9-12-30-28(33(38(39,40)41)49-36-37(30)29(22)13-14-31(48-36)50-51-37)21-44-17-15-26(16-18-44)43(5)19-20-46-35(45)24(3)27-8-6-7-25-11-10-23(2)47-34(42-4)32(25)27/h22-27,29-32,34-36,42,45H,6-21H2,1-5H3. The maximum Gasteiger partial charge on any atom is 0.449 e. The van der Waals surface area contributed by atoms with Gasteiger partial charge in [0.1, 0.15) is 6.23 Å². The molecule has 2 bridgehead atoms. The molecule has 0 aromatic carbocycles. The van der Waals surface area contributed by atoms with E-state index in [4.69, 9.17) is 28.7 Å². The first-order valence-corrected chi connectivity index (χ1v) is 19.9. The molecule has 6 aliphatic heterocycles. The van der Waals surface area contributed by atoms with Crippen LogP contribution in [0.3, 0.4) is 0 Å². The van der Waals surface area contributed by atoms with Crippen molar-refractivity contribution in [3.8, 4) is 0 Å². The predicted octanol–water partition coefficient (Wildman–Crippen LogP) is 5.80. The van der Waals surface area contributed by atoms with Gasteiger partial charge in [-0.2, -0.15) is 13.2 Å². The first kappa shape index (κ1) is 38.3. The number of nitrogens with zero attached hydrogens (tertiary/aromatic N) is 2. The highest BCUT2D eigenvalue weighted by Gasteiger charge is 2.68. The van der Waals surface area contributed by atoms with E-state index in [-0.39, 0.29) is 48.2 Å². The van der Waals surface area contributed by atoms with Gasteiger partial charge in [0.25, 0.3) is 0 Å². The molecule has 6 heterocycles.